The molecule has 2 aromatic rings. The molecule has 18 heavy (non-hydrogen) atoms. The van der Waals surface area contributed by atoms with Gasteiger partial charge in [0.1, 0.15) is 0 Å². The summed E-state index contributed by atoms with van der Waals surface area (Å²) in [7, 11) is 0. The summed E-state index contributed by atoms with van der Waals surface area (Å²) in [5.74, 6) is -1.41. The number of H-pyrrole nitrogens is 1. The van der Waals surface area contributed by atoms with E-state index in [0.29, 0.717) is 35.0 Å². The summed E-state index contributed by atoms with van der Waals surface area (Å²) in [6.45, 7) is 0.431. The third-order valence-corrected chi connectivity index (χ3v) is 3.04. The van der Waals surface area contributed by atoms with Crippen LogP contribution in [0.5, 0.6) is 0 Å². The van der Waals surface area contributed by atoms with Crippen molar-refractivity contribution in [1.82, 2.24) is 10.3 Å². The first kappa shape index (κ1) is 13.1. The number of aromatic amines is 1. The predicted octanol–water partition coefficient (Wildman–Crippen LogP) is -3.18. The topological polar surface area (TPSA) is 85.0 Å². The van der Waals surface area contributed by atoms with Crippen molar-refractivity contribution in [2.75, 3.05) is 6.54 Å². The van der Waals surface area contributed by atoms with E-state index in [4.69, 9.17) is 0 Å². The number of carboxylic acid groups (broad SMARTS) is 1. The van der Waals surface area contributed by atoms with Crippen LogP contribution in [0.4, 0.5) is 0 Å². The minimum Gasteiger partial charge on any atom is -0.543 e. The summed E-state index contributed by atoms with van der Waals surface area (Å²) in [5, 5.41) is 14.5. The number of aromatic carboxylic acids is 1. The molecule has 1 aromatic heterocycles. The van der Waals surface area contributed by atoms with Crippen LogP contribution in [-0.2, 0) is 6.42 Å². The Morgan fingerprint density at radius 1 is 1.33 bits per heavy atom. The fourth-order valence-electron chi connectivity index (χ4n) is 2.33. The minimum absolute atomic E-state index is 0. The average molecular weight is 252 g/mol. The zero-order chi connectivity index (χ0) is 12.0. The molecule has 0 unspecified atom stereocenters. The number of amides is 1. The monoisotopic (exact) mass is 252 g/mol. The van der Waals surface area contributed by atoms with Crippen LogP contribution in [0.2, 0.25) is 0 Å². The van der Waals surface area contributed by atoms with Crippen molar-refractivity contribution >= 4 is 22.8 Å². The zero-order valence-corrected chi connectivity index (χ0v) is 11.9. The Balaban J connectivity index is 0.00000120. The van der Waals surface area contributed by atoms with Crippen LogP contribution in [0, 0.1) is 0 Å². The van der Waals surface area contributed by atoms with Crippen LogP contribution in [0.15, 0.2) is 18.2 Å². The van der Waals surface area contributed by atoms with Crippen molar-refractivity contribution in [1.29, 1.82) is 0 Å². The fourth-order valence-corrected chi connectivity index (χ4v) is 2.33. The third kappa shape index (κ3) is 1.84. The first-order chi connectivity index (χ1) is 8.18. The smallest absolute Gasteiger partial charge is 0.543 e. The molecule has 1 aliphatic rings. The van der Waals surface area contributed by atoms with E-state index < -0.39 is 5.97 Å². The van der Waals surface area contributed by atoms with Gasteiger partial charge in [-0.1, -0.05) is 6.07 Å². The zero-order valence-electron chi connectivity index (χ0n) is 9.87. The fraction of sp³-hybridized carbons (Fsp3) is 0.167. The molecule has 1 aliphatic heterocycles. The van der Waals surface area contributed by atoms with Crippen LogP contribution in [0.3, 0.4) is 0 Å². The summed E-state index contributed by atoms with van der Waals surface area (Å²) in [6, 6.07) is 5.18. The average Bonchev–Trinajstić information content (AvgIpc) is 2.59. The van der Waals surface area contributed by atoms with Gasteiger partial charge in [-0.3, -0.25) is 4.79 Å². The van der Waals surface area contributed by atoms with E-state index in [1.165, 1.54) is 0 Å². The molecule has 2 heterocycles. The van der Waals surface area contributed by atoms with Crippen molar-refractivity contribution in [2.45, 2.75) is 6.42 Å². The quantitative estimate of drug-likeness (QED) is 0.525. The molecule has 0 aliphatic carbocycles. The number of carboxylic acids is 1. The molecule has 0 saturated carbocycles. The molecule has 0 bridgehead atoms. The van der Waals surface area contributed by atoms with E-state index in [0.717, 1.165) is 0 Å². The molecule has 0 atom stereocenters. The number of nitrogens with one attached hydrogen (secondary N) is 2. The van der Waals surface area contributed by atoms with Crippen molar-refractivity contribution < 1.29 is 44.3 Å². The first-order valence-electron chi connectivity index (χ1n) is 5.31. The summed E-state index contributed by atoms with van der Waals surface area (Å²) in [5.41, 5.74) is 1.89. The van der Waals surface area contributed by atoms with E-state index in [-0.39, 0.29) is 41.2 Å². The largest absolute Gasteiger partial charge is 1.00 e. The van der Waals surface area contributed by atoms with Crippen molar-refractivity contribution in [3.8, 4) is 0 Å². The second-order valence-corrected chi connectivity index (χ2v) is 4.00. The molecule has 3 rings (SSSR count). The van der Waals surface area contributed by atoms with Crippen LogP contribution < -0.4 is 40.0 Å². The molecule has 1 aromatic carbocycles. The molecule has 0 radical (unpaired) electrons. The molecule has 6 heteroatoms. The van der Waals surface area contributed by atoms with E-state index in [9.17, 15) is 14.7 Å². The van der Waals surface area contributed by atoms with Gasteiger partial charge in [0.05, 0.1) is 11.7 Å². The SMILES string of the molecule is O=C([O-])c1[nH]c2cccc3c2c1CCNC3=O.[Na+]. The van der Waals surface area contributed by atoms with Gasteiger partial charge in [-0.2, -0.15) is 0 Å². The third-order valence-electron chi connectivity index (χ3n) is 3.04. The van der Waals surface area contributed by atoms with E-state index in [2.05, 4.69) is 10.3 Å². The Hall–Kier alpha value is -1.30. The molecule has 5 nitrogen and oxygen atoms in total. The Morgan fingerprint density at radius 2 is 2.11 bits per heavy atom. The molecular weight excluding hydrogens is 243 g/mol. The van der Waals surface area contributed by atoms with Gasteiger partial charge >= 0.3 is 29.6 Å². The second-order valence-electron chi connectivity index (χ2n) is 4.00. The summed E-state index contributed by atoms with van der Waals surface area (Å²) < 4.78 is 0. The molecule has 2 N–H and O–H groups in total. The molecule has 0 saturated heterocycles. The Bertz CT molecular complexity index is 648. The molecule has 0 spiro atoms. The summed E-state index contributed by atoms with van der Waals surface area (Å²) >= 11 is 0. The number of carbonyl (C=O) groups is 2. The van der Waals surface area contributed by atoms with E-state index in [1.807, 2.05) is 0 Å². The van der Waals surface area contributed by atoms with Gasteiger partial charge in [0.25, 0.3) is 5.91 Å². The Morgan fingerprint density at radius 3 is 2.83 bits per heavy atom. The van der Waals surface area contributed by atoms with Gasteiger partial charge in [0.15, 0.2) is 0 Å². The minimum atomic E-state index is -1.24. The molecular formula is C12H9N2NaO3. The molecule has 86 valence electrons. The Kier molecular flexibility index (Phi) is 3.47. The Labute approximate surface area is 125 Å². The van der Waals surface area contributed by atoms with Crippen LogP contribution >= 0.6 is 0 Å². The maximum absolute atomic E-state index is 11.8. The summed E-state index contributed by atoms with van der Waals surface area (Å²) in [4.78, 5) is 25.6. The van der Waals surface area contributed by atoms with E-state index in [1.54, 1.807) is 18.2 Å². The molecule has 0 fully saturated rings. The van der Waals surface area contributed by atoms with Gasteiger partial charge in [-0.15, -0.1) is 0 Å². The van der Waals surface area contributed by atoms with Gasteiger partial charge in [0.2, 0.25) is 0 Å². The predicted molar refractivity (Wildman–Crippen MR) is 58.7 cm³/mol. The number of hydrogen-bond acceptors (Lipinski definition) is 3. The summed E-state index contributed by atoms with van der Waals surface area (Å²) in [6.07, 6.45) is 0.492. The van der Waals surface area contributed by atoms with Crippen LogP contribution in [0.25, 0.3) is 10.9 Å². The normalized spacial score (nSPS) is 13.7. The standard InChI is InChI=1S/C12H10N2O3.Na/c15-11-7-2-1-3-8-9(7)6(4-5-13-11)10(14-8)12(16)17;/h1-3,14H,4-5H2,(H,13,15)(H,16,17);/q;+1/p-1. The van der Waals surface area contributed by atoms with Crippen molar-refractivity contribution in [3.05, 3.63) is 35.0 Å². The van der Waals surface area contributed by atoms with Gasteiger partial charge in [-0.25, -0.2) is 0 Å². The molecule has 1 amide bonds. The maximum atomic E-state index is 11.8. The van der Waals surface area contributed by atoms with Gasteiger partial charge in [-0.05, 0) is 24.1 Å². The number of rotatable bonds is 1. The van der Waals surface area contributed by atoms with Crippen LogP contribution in [0.1, 0.15) is 26.4 Å². The van der Waals surface area contributed by atoms with Crippen molar-refractivity contribution in [2.24, 2.45) is 0 Å². The first-order valence-corrected chi connectivity index (χ1v) is 5.31. The van der Waals surface area contributed by atoms with Gasteiger partial charge in [0, 0.05) is 23.0 Å². The second kappa shape index (κ2) is 4.76. The maximum Gasteiger partial charge on any atom is 1.00 e. The number of carbonyl (C=O) groups excluding carboxylic acids is 2. The number of benzene rings is 1. The number of aromatic nitrogens is 1. The number of hydrogen-bond donors (Lipinski definition) is 2. The van der Waals surface area contributed by atoms with Gasteiger partial charge < -0.3 is 20.2 Å². The van der Waals surface area contributed by atoms with Crippen LogP contribution in [-0.4, -0.2) is 23.4 Å². The van der Waals surface area contributed by atoms with E-state index >= 15 is 0 Å². The van der Waals surface area contributed by atoms with Crippen molar-refractivity contribution in [3.63, 3.8) is 0 Å².